The van der Waals surface area contributed by atoms with Crippen LogP contribution in [0.25, 0.3) is 5.69 Å². The number of nitrogens with one attached hydrogen (secondary N) is 1. The highest BCUT2D eigenvalue weighted by molar-refractivity contribution is 7.90. The van der Waals surface area contributed by atoms with Crippen molar-refractivity contribution in [3.8, 4) is 5.69 Å². The van der Waals surface area contributed by atoms with Crippen molar-refractivity contribution in [2.45, 2.75) is 18.9 Å². The maximum atomic E-state index is 12.7. The third kappa shape index (κ3) is 3.87. The first-order valence-electron chi connectivity index (χ1n) is 8.10. The number of ether oxygens (including phenoxy) is 1. The number of hydrogen-bond donors (Lipinski definition) is 2. The Morgan fingerprint density at radius 1 is 1.27 bits per heavy atom. The summed E-state index contributed by atoms with van der Waals surface area (Å²) in [5, 5.41) is 13.0. The molecule has 26 heavy (non-hydrogen) atoms. The van der Waals surface area contributed by atoms with E-state index < -0.39 is 16.2 Å². The molecule has 0 spiro atoms. The molecule has 0 unspecified atom stereocenters. The Morgan fingerprint density at radius 2 is 1.96 bits per heavy atom. The van der Waals surface area contributed by atoms with Crippen LogP contribution in [0.5, 0.6) is 0 Å². The third-order valence-electron chi connectivity index (χ3n) is 4.27. The summed E-state index contributed by atoms with van der Waals surface area (Å²) in [6.07, 6.45) is 2.83. The van der Waals surface area contributed by atoms with Gasteiger partial charge in [-0.1, -0.05) is 12.1 Å². The molecule has 1 fully saturated rings. The van der Waals surface area contributed by atoms with Crippen molar-refractivity contribution >= 4 is 21.9 Å². The van der Waals surface area contributed by atoms with Crippen LogP contribution in [0.2, 0.25) is 0 Å². The Labute approximate surface area is 151 Å². The molecule has 1 aromatic heterocycles. The lowest BCUT2D eigenvalue weighted by Crippen LogP contribution is -2.43. The zero-order valence-corrected chi connectivity index (χ0v) is 15.0. The molecule has 2 N–H and O–H groups in total. The highest BCUT2D eigenvalue weighted by Gasteiger charge is 2.28. The molecule has 1 aliphatic heterocycles. The van der Waals surface area contributed by atoms with Gasteiger partial charge in [0.2, 0.25) is 0 Å². The van der Waals surface area contributed by atoms with E-state index in [1.165, 1.54) is 21.3 Å². The second kappa shape index (κ2) is 7.44. The molecule has 0 saturated carbocycles. The quantitative estimate of drug-likeness (QED) is 0.782. The molecule has 10 heteroatoms. The van der Waals surface area contributed by atoms with E-state index in [1.807, 2.05) is 0 Å². The van der Waals surface area contributed by atoms with Gasteiger partial charge in [0.05, 0.1) is 17.5 Å². The topological polar surface area (TPSA) is 114 Å². The number of rotatable bonds is 6. The number of carboxylic acids is 1. The van der Waals surface area contributed by atoms with Gasteiger partial charge in [0.25, 0.3) is 0 Å². The van der Waals surface area contributed by atoms with Gasteiger partial charge in [-0.3, -0.25) is 4.72 Å². The van der Waals surface area contributed by atoms with E-state index in [0.29, 0.717) is 37.3 Å². The molecule has 3 rings (SSSR count). The average Bonchev–Trinajstić information content (AvgIpc) is 3.12. The molecule has 2 aromatic rings. The van der Waals surface area contributed by atoms with Crippen molar-refractivity contribution in [2.24, 2.45) is 0 Å². The Balaban J connectivity index is 1.82. The SMILES string of the molecule is COC1CCN(S(=O)(=O)Nc2ccccc2-n2ccc(C(=O)O)n2)CC1. The highest BCUT2D eigenvalue weighted by Crippen LogP contribution is 2.23. The Hall–Kier alpha value is -2.43. The Bertz CT molecular complexity index is 888. The number of methoxy groups -OCH3 is 1. The van der Waals surface area contributed by atoms with Crippen LogP contribution in [-0.2, 0) is 14.9 Å². The summed E-state index contributed by atoms with van der Waals surface area (Å²) in [4.78, 5) is 11.0. The van der Waals surface area contributed by atoms with Crippen LogP contribution in [0.4, 0.5) is 5.69 Å². The standard InChI is InChI=1S/C16H20N4O5S/c1-25-12-6-9-19(10-7-12)26(23,24)18-13-4-2-3-5-15(13)20-11-8-14(17-20)16(21)22/h2-5,8,11-12,18H,6-7,9-10H2,1H3,(H,21,22). The van der Waals surface area contributed by atoms with E-state index in [1.54, 1.807) is 31.4 Å². The zero-order valence-electron chi connectivity index (χ0n) is 14.2. The summed E-state index contributed by atoms with van der Waals surface area (Å²) in [6.45, 7) is 0.752. The summed E-state index contributed by atoms with van der Waals surface area (Å²) in [5.41, 5.74) is 0.640. The fraction of sp³-hybridized carbons (Fsp3) is 0.375. The van der Waals surface area contributed by atoms with Gasteiger partial charge >= 0.3 is 16.2 Å². The van der Waals surface area contributed by atoms with Crippen LogP contribution in [0.1, 0.15) is 23.3 Å². The van der Waals surface area contributed by atoms with E-state index >= 15 is 0 Å². The number of aromatic carboxylic acids is 1. The number of aromatic nitrogens is 2. The summed E-state index contributed by atoms with van der Waals surface area (Å²) < 4.78 is 35.9. The third-order valence-corrected chi connectivity index (χ3v) is 5.80. The first-order chi connectivity index (χ1) is 12.4. The molecule has 0 radical (unpaired) electrons. The fourth-order valence-electron chi connectivity index (χ4n) is 2.84. The lowest BCUT2D eigenvalue weighted by atomic mass is 10.1. The molecule has 0 amide bonds. The minimum absolute atomic E-state index is 0.0762. The lowest BCUT2D eigenvalue weighted by molar-refractivity contribution is 0.0605. The molecular weight excluding hydrogens is 360 g/mol. The zero-order chi connectivity index (χ0) is 18.7. The lowest BCUT2D eigenvalue weighted by Gasteiger charge is -2.30. The van der Waals surface area contributed by atoms with Crippen LogP contribution < -0.4 is 4.72 Å². The average molecular weight is 380 g/mol. The molecular formula is C16H20N4O5S. The predicted molar refractivity (Wildman–Crippen MR) is 94.7 cm³/mol. The monoisotopic (exact) mass is 380 g/mol. The van der Waals surface area contributed by atoms with E-state index in [2.05, 4.69) is 9.82 Å². The highest BCUT2D eigenvalue weighted by atomic mass is 32.2. The van der Waals surface area contributed by atoms with E-state index in [4.69, 9.17) is 9.84 Å². The van der Waals surface area contributed by atoms with Gasteiger partial charge in [0.15, 0.2) is 5.69 Å². The van der Waals surface area contributed by atoms with Crippen LogP contribution in [0.15, 0.2) is 36.5 Å². The molecule has 140 valence electrons. The Kier molecular flexibility index (Phi) is 5.25. The van der Waals surface area contributed by atoms with Gasteiger partial charge in [-0.05, 0) is 31.0 Å². The minimum Gasteiger partial charge on any atom is -0.476 e. The van der Waals surface area contributed by atoms with Gasteiger partial charge in [-0.25, -0.2) is 9.48 Å². The molecule has 1 saturated heterocycles. The predicted octanol–water partition coefficient (Wildman–Crippen LogP) is 1.34. The number of hydrogen-bond acceptors (Lipinski definition) is 5. The first kappa shape index (κ1) is 18.4. The van der Waals surface area contributed by atoms with Crippen LogP contribution in [-0.4, -0.2) is 59.9 Å². The van der Waals surface area contributed by atoms with Crippen molar-refractivity contribution in [3.63, 3.8) is 0 Å². The molecule has 2 heterocycles. The van der Waals surface area contributed by atoms with Gasteiger partial charge in [-0.2, -0.15) is 17.8 Å². The number of para-hydroxylation sites is 2. The van der Waals surface area contributed by atoms with Crippen molar-refractivity contribution in [2.75, 3.05) is 24.9 Å². The number of benzene rings is 1. The smallest absolute Gasteiger partial charge is 0.356 e. The summed E-state index contributed by atoms with van der Waals surface area (Å²) in [6, 6.07) is 8.03. The maximum absolute atomic E-state index is 12.7. The molecule has 9 nitrogen and oxygen atoms in total. The minimum atomic E-state index is -3.74. The number of nitrogens with zero attached hydrogens (tertiary/aromatic N) is 3. The maximum Gasteiger partial charge on any atom is 0.356 e. The van der Waals surface area contributed by atoms with E-state index in [-0.39, 0.29) is 11.8 Å². The van der Waals surface area contributed by atoms with Crippen molar-refractivity contribution in [1.82, 2.24) is 14.1 Å². The number of carboxylic acid groups (broad SMARTS) is 1. The second-order valence-electron chi connectivity index (χ2n) is 5.91. The number of anilines is 1. The normalized spacial score (nSPS) is 16.5. The van der Waals surface area contributed by atoms with Gasteiger partial charge in [-0.15, -0.1) is 0 Å². The Morgan fingerprint density at radius 3 is 2.58 bits per heavy atom. The first-order valence-corrected chi connectivity index (χ1v) is 9.54. The second-order valence-corrected chi connectivity index (χ2v) is 7.58. The summed E-state index contributed by atoms with van der Waals surface area (Å²) in [7, 11) is -2.11. The summed E-state index contributed by atoms with van der Waals surface area (Å²) in [5.74, 6) is -1.15. The molecule has 0 atom stereocenters. The van der Waals surface area contributed by atoms with Crippen LogP contribution >= 0.6 is 0 Å². The van der Waals surface area contributed by atoms with Crippen LogP contribution in [0.3, 0.4) is 0 Å². The molecule has 0 aliphatic carbocycles. The molecule has 1 aliphatic rings. The number of piperidine rings is 1. The molecule has 0 bridgehead atoms. The fourth-order valence-corrected chi connectivity index (χ4v) is 4.11. The van der Waals surface area contributed by atoms with Gasteiger partial charge in [0.1, 0.15) is 0 Å². The van der Waals surface area contributed by atoms with Crippen molar-refractivity contribution < 1.29 is 23.1 Å². The van der Waals surface area contributed by atoms with Crippen LogP contribution in [0, 0.1) is 0 Å². The largest absolute Gasteiger partial charge is 0.476 e. The van der Waals surface area contributed by atoms with Crippen molar-refractivity contribution in [3.05, 3.63) is 42.2 Å². The number of carbonyl (C=O) groups is 1. The summed E-state index contributed by atoms with van der Waals surface area (Å²) >= 11 is 0. The van der Waals surface area contributed by atoms with E-state index in [9.17, 15) is 13.2 Å². The molecule has 1 aromatic carbocycles. The van der Waals surface area contributed by atoms with Crippen molar-refractivity contribution in [1.29, 1.82) is 0 Å². The van der Waals surface area contributed by atoms with E-state index in [0.717, 1.165) is 0 Å². The van der Waals surface area contributed by atoms with Gasteiger partial charge in [0, 0.05) is 26.4 Å². The van der Waals surface area contributed by atoms with Gasteiger partial charge < -0.3 is 9.84 Å².